The molecule has 5 rings (SSSR count). The smallest absolute Gasteiger partial charge is 0.371 e. The van der Waals surface area contributed by atoms with Crippen LogP contribution in [0, 0.1) is 12.7 Å². The van der Waals surface area contributed by atoms with Gasteiger partial charge in [-0.1, -0.05) is 41.6 Å². The summed E-state index contributed by atoms with van der Waals surface area (Å²) in [6, 6.07) is 21.3. The fourth-order valence-electron chi connectivity index (χ4n) is 4.00. The third kappa shape index (κ3) is 5.51. The number of nitrogens with zero attached hydrogens (tertiary/aromatic N) is 2. The molecule has 10 heteroatoms. The average Bonchev–Trinajstić information content (AvgIpc) is 3.60. The molecular formula is C29H23FN2O6S. The summed E-state index contributed by atoms with van der Waals surface area (Å²) in [7, 11) is 1.49. The molecule has 0 saturated carbocycles. The second kappa shape index (κ2) is 11.0. The molecule has 198 valence electrons. The standard InChI is InChI=1S/C29H23FN2O6S/c1-17-6-8-19(9-7-17)27(33)32-28(39-26(31-32)18-10-12-20(30)13-11-18)22-4-3-5-23(25(22)36-2)37-16-21-14-15-24(38-21)29(34)35/h3-15,28H,16H2,1-2H3,(H,34,35). The van der Waals surface area contributed by atoms with Crippen LogP contribution in [0.15, 0.2) is 88.4 Å². The first-order valence-electron chi connectivity index (χ1n) is 11.9. The van der Waals surface area contributed by atoms with Crippen LogP contribution in [0.5, 0.6) is 11.5 Å². The van der Waals surface area contributed by atoms with Crippen molar-refractivity contribution >= 4 is 28.7 Å². The Morgan fingerprint density at radius 3 is 2.46 bits per heavy atom. The van der Waals surface area contributed by atoms with Crippen LogP contribution < -0.4 is 9.47 Å². The first-order valence-corrected chi connectivity index (χ1v) is 12.7. The number of benzene rings is 3. The zero-order valence-electron chi connectivity index (χ0n) is 21.0. The number of carboxylic acids is 1. The Kier molecular flexibility index (Phi) is 7.38. The molecule has 1 atom stereocenters. The molecule has 1 aliphatic rings. The molecule has 8 nitrogen and oxygen atoms in total. The lowest BCUT2D eigenvalue weighted by Crippen LogP contribution is -2.26. The SMILES string of the molecule is COc1c(OCc2ccc(C(=O)O)o2)cccc1C1SC(c2ccc(F)cc2)=NN1C(=O)c1ccc(C)cc1. The lowest BCUT2D eigenvalue weighted by molar-refractivity contribution is 0.0657. The minimum absolute atomic E-state index is 0.0335. The summed E-state index contributed by atoms with van der Waals surface area (Å²) in [6.07, 6.45) is 0. The first-order chi connectivity index (χ1) is 18.8. The van der Waals surface area contributed by atoms with Gasteiger partial charge in [0.15, 0.2) is 11.5 Å². The second-order valence-electron chi connectivity index (χ2n) is 8.64. The van der Waals surface area contributed by atoms with Crippen molar-refractivity contribution in [2.24, 2.45) is 5.10 Å². The number of carboxylic acid groups (broad SMARTS) is 1. The lowest BCUT2D eigenvalue weighted by atomic mass is 10.1. The van der Waals surface area contributed by atoms with Crippen molar-refractivity contribution in [3.8, 4) is 11.5 Å². The van der Waals surface area contributed by atoms with Crippen molar-refractivity contribution in [1.29, 1.82) is 0 Å². The Morgan fingerprint density at radius 2 is 1.79 bits per heavy atom. The molecule has 1 unspecified atom stereocenters. The summed E-state index contributed by atoms with van der Waals surface area (Å²) in [5.74, 6) is -0.950. The van der Waals surface area contributed by atoms with Gasteiger partial charge in [-0.05, 0) is 61.5 Å². The molecule has 4 aromatic rings. The molecule has 0 spiro atoms. The highest BCUT2D eigenvalue weighted by atomic mass is 32.2. The van der Waals surface area contributed by atoms with Gasteiger partial charge >= 0.3 is 5.97 Å². The first kappa shape index (κ1) is 26.1. The molecule has 3 aromatic carbocycles. The van der Waals surface area contributed by atoms with E-state index in [1.54, 1.807) is 36.4 Å². The van der Waals surface area contributed by atoms with Crippen molar-refractivity contribution in [2.75, 3.05) is 7.11 Å². The maximum atomic E-state index is 13.6. The van der Waals surface area contributed by atoms with Crippen molar-refractivity contribution in [3.05, 3.63) is 118 Å². The highest BCUT2D eigenvalue weighted by Crippen LogP contribution is 2.47. The van der Waals surface area contributed by atoms with Crippen molar-refractivity contribution in [1.82, 2.24) is 5.01 Å². The Bertz CT molecular complexity index is 1550. The van der Waals surface area contributed by atoms with E-state index < -0.39 is 11.3 Å². The van der Waals surface area contributed by atoms with E-state index >= 15 is 0 Å². The van der Waals surface area contributed by atoms with Gasteiger partial charge in [0.2, 0.25) is 5.76 Å². The number of methoxy groups -OCH3 is 1. The Hall–Kier alpha value is -4.57. The van der Waals surface area contributed by atoms with Crippen molar-refractivity contribution < 1.29 is 33.0 Å². The molecule has 1 aliphatic heterocycles. The molecule has 0 fully saturated rings. The van der Waals surface area contributed by atoms with E-state index in [1.807, 2.05) is 25.1 Å². The van der Waals surface area contributed by atoms with Gasteiger partial charge in [-0.2, -0.15) is 5.10 Å². The van der Waals surface area contributed by atoms with Gasteiger partial charge < -0.3 is 19.0 Å². The number of furan rings is 1. The van der Waals surface area contributed by atoms with E-state index in [0.717, 1.165) is 5.56 Å². The number of rotatable bonds is 8. The van der Waals surface area contributed by atoms with Crippen molar-refractivity contribution in [3.63, 3.8) is 0 Å². The topological polar surface area (TPSA) is 102 Å². The highest BCUT2D eigenvalue weighted by Gasteiger charge is 2.37. The molecule has 0 bridgehead atoms. The monoisotopic (exact) mass is 546 g/mol. The number of hydrogen-bond donors (Lipinski definition) is 1. The zero-order valence-corrected chi connectivity index (χ0v) is 21.8. The van der Waals surface area contributed by atoms with E-state index in [-0.39, 0.29) is 24.1 Å². The van der Waals surface area contributed by atoms with E-state index in [2.05, 4.69) is 5.10 Å². The van der Waals surface area contributed by atoms with E-state index in [0.29, 0.717) is 39.0 Å². The van der Waals surface area contributed by atoms with Crippen LogP contribution in [-0.4, -0.2) is 34.1 Å². The second-order valence-corrected chi connectivity index (χ2v) is 9.71. The zero-order chi connectivity index (χ0) is 27.5. The molecular weight excluding hydrogens is 523 g/mol. The van der Waals surface area contributed by atoms with E-state index in [4.69, 9.17) is 19.0 Å². The summed E-state index contributed by atoms with van der Waals surface area (Å²) in [4.78, 5) is 24.8. The predicted molar refractivity (Wildman–Crippen MR) is 144 cm³/mol. The molecule has 39 heavy (non-hydrogen) atoms. The van der Waals surface area contributed by atoms with Gasteiger partial charge in [0.1, 0.15) is 28.6 Å². The summed E-state index contributed by atoms with van der Waals surface area (Å²) >= 11 is 1.33. The number of hydrogen-bond acceptors (Lipinski definition) is 7. The minimum atomic E-state index is -1.17. The Labute approximate surface area is 227 Å². The van der Waals surface area contributed by atoms with Gasteiger partial charge in [-0.15, -0.1) is 0 Å². The summed E-state index contributed by atoms with van der Waals surface area (Å²) < 4.78 is 30.5. The fraction of sp³-hybridized carbons (Fsp3) is 0.138. The van der Waals surface area contributed by atoms with Crippen LogP contribution in [-0.2, 0) is 6.61 Å². The number of thioether (sulfide) groups is 1. The third-order valence-electron chi connectivity index (χ3n) is 5.96. The normalized spacial score (nSPS) is 14.7. The van der Waals surface area contributed by atoms with Gasteiger partial charge in [0, 0.05) is 16.7 Å². The molecule has 0 aliphatic carbocycles. The van der Waals surface area contributed by atoms with Crippen LogP contribution in [0.2, 0.25) is 0 Å². The maximum Gasteiger partial charge on any atom is 0.371 e. The molecule has 1 N–H and O–H groups in total. The largest absolute Gasteiger partial charge is 0.492 e. The number of hydrazone groups is 1. The fourth-order valence-corrected chi connectivity index (χ4v) is 5.18. The average molecular weight is 547 g/mol. The number of halogens is 1. The van der Waals surface area contributed by atoms with E-state index in [1.165, 1.54) is 48.1 Å². The van der Waals surface area contributed by atoms with Crippen LogP contribution in [0.3, 0.4) is 0 Å². The van der Waals surface area contributed by atoms with Gasteiger partial charge in [0.05, 0.1) is 7.11 Å². The molecule has 0 saturated heterocycles. The third-order valence-corrected chi connectivity index (χ3v) is 7.18. The van der Waals surface area contributed by atoms with Gasteiger partial charge in [0.25, 0.3) is 5.91 Å². The summed E-state index contributed by atoms with van der Waals surface area (Å²) in [5.41, 5.74) is 2.79. The number of amides is 1. The molecule has 2 heterocycles. The maximum absolute atomic E-state index is 13.6. The highest BCUT2D eigenvalue weighted by molar-refractivity contribution is 8.14. The summed E-state index contributed by atoms with van der Waals surface area (Å²) in [6.45, 7) is 1.91. The number of ether oxygens (including phenoxy) is 2. The molecule has 1 amide bonds. The van der Waals surface area contributed by atoms with Crippen LogP contribution >= 0.6 is 11.8 Å². The van der Waals surface area contributed by atoms with Crippen LogP contribution in [0.4, 0.5) is 4.39 Å². The Balaban J connectivity index is 1.48. The summed E-state index contributed by atoms with van der Waals surface area (Å²) in [5, 5.41) is 15.0. The van der Waals surface area contributed by atoms with Crippen molar-refractivity contribution in [2.45, 2.75) is 18.9 Å². The van der Waals surface area contributed by atoms with Gasteiger partial charge in [-0.3, -0.25) is 4.79 Å². The number of aromatic carboxylic acids is 1. The van der Waals surface area contributed by atoms with E-state index in [9.17, 15) is 14.0 Å². The van der Waals surface area contributed by atoms with Crippen LogP contribution in [0.1, 0.15) is 48.7 Å². The molecule has 0 radical (unpaired) electrons. The Morgan fingerprint density at radius 1 is 1.05 bits per heavy atom. The van der Waals surface area contributed by atoms with Crippen LogP contribution in [0.25, 0.3) is 0 Å². The molecule has 1 aromatic heterocycles. The minimum Gasteiger partial charge on any atom is -0.492 e. The number of para-hydroxylation sites is 1. The number of carbonyl (C=O) groups excluding carboxylic acids is 1. The quantitative estimate of drug-likeness (QED) is 0.278. The number of carbonyl (C=O) groups is 2. The predicted octanol–water partition coefficient (Wildman–Crippen LogP) is 6.26. The lowest BCUT2D eigenvalue weighted by Gasteiger charge is -2.24. The number of aryl methyl sites for hydroxylation is 1. The van der Waals surface area contributed by atoms with Gasteiger partial charge in [-0.25, -0.2) is 14.2 Å².